The molecule has 0 heterocycles. The van der Waals surface area contributed by atoms with Gasteiger partial charge in [0, 0.05) is 27.3 Å². The second-order valence-corrected chi connectivity index (χ2v) is 7.32. The number of esters is 1. The predicted octanol–water partition coefficient (Wildman–Crippen LogP) is 2.09. The number of hydrogen-bond donors (Lipinski definition) is 2. The second kappa shape index (κ2) is 9.11. The van der Waals surface area contributed by atoms with E-state index in [9.17, 15) is 4.79 Å². The van der Waals surface area contributed by atoms with E-state index >= 15 is 0 Å². The number of ether oxygens (including phenoxy) is 2. The summed E-state index contributed by atoms with van der Waals surface area (Å²) in [5.41, 5.74) is -0.191. The van der Waals surface area contributed by atoms with Gasteiger partial charge in [-0.2, -0.15) is 0 Å². The normalized spacial score (nSPS) is 17.9. The lowest BCUT2D eigenvalue weighted by Gasteiger charge is -2.30. The molecule has 1 saturated carbocycles. The summed E-state index contributed by atoms with van der Waals surface area (Å²) in [7, 11) is 3.46. The monoisotopic (exact) mass is 327 g/mol. The molecular formula is C17H33N3O3. The maximum Gasteiger partial charge on any atom is 0.325 e. The molecular weight excluding hydrogens is 294 g/mol. The lowest BCUT2D eigenvalue weighted by Crippen LogP contribution is -2.45. The molecule has 0 amide bonds. The fourth-order valence-electron chi connectivity index (χ4n) is 2.98. The predicted molar refractivity (Wildman–Crippen MR) is 92.6 cm³/mol. The largest absolute Gasteiger partial charge is 0.459 e. The molecule has 6 nitrogen and oxygen atoms in total. The Labute approximate surface area is 140 Å². The Bertz CT molecular complexity index is 396. The van der Waals surface area contributed by atoms with Gasteiger partial charge in [-0.1, -0.05) is 12.8 Å². The molecule has 134 valence electrons. The summed E-state index contributed by atoms with van der Waals surface area (Å²) < 4.78 is 10.5. The van der Waals surface area contributed by atoms with Crippen LogP contribution in [0.2, 0.25) is 0 Å². The van der Waals surface area contributed by atoms with E-state index in [1.807, 2.05) is 20.8 Å². The number of hydrogen-bond acceptors (Lipinski definition) is 4. The maximum atomic E-state index is 11.8. The van der Waals surface area contributed by atoms with Crippen molar-refractivity contribution in [3.8, 4) is 0 Å². The number of rotatable bonds is 7. The van der Waals surface area contributed by atoms with Gasteiger partial charge in [-0.15, -0.1) is 0 Å². The lowest BCUT2D eigenvalue weighted by molar-refractivity contribution is -0.153. The van der Waals surface area contributed by atoms with E-state index in [0.717, 1.165) is 19.6 Å². The Morgan fingerprint density at radius 3 is 2.39 bits per heavy atom. The van der Waals surface area contributed by atoms with Gasteiger partial charge >= 0.3 is 5.97 Å². The zero-order valence-corrected chi connectivity index (χ0v) is 15.3. The molecule has 23 heavy (non-hydrogen) atoms. The Morgan fingerprint density at radius 1 is 1.22 bits per heavy atom. The molecule has 1 aliphatic carbocycles. The van der Waals surface area contributed by atoms with Gasteiger partial charge in [0.15, 0.2) is 5.96 Å². The molecule has 2 N–H and O–H groups in total. The minimum Gasteiger partial charge on any atom is -0.459 e. The summed E-state index contributed by atoms with van der Waals surface area (Å²) in [5.74, 6) is 0.356. The Hall–Kier alpha value is -1.30. The number of methoxy groups -OCH3 is 1. The SMILES string of the molecule is CN=C(NCC(=O)OC(C)(C)C)NCC1(CCOC)CCCC1. The number of guanidine groups is 1. The quantitative estimate of drug-likeness (QED) is 0.426. The molecule has 0 aromatic heterocycles. The van der Waals surface area contributed by atoms with E-state index in [4.69, 9.17) is 9.47 Å². The molecule has 1 rings (SSSR count). The number of nitrogens with one attached hydrogen (secondary N) is 2. The standard InChI is InChI=1S/C17H33N3O3/c1-16(2,3)23-14(21)12-19-15(18-4)20-13-17(10-11-22-5)8-6-7-9-17/h6-13H2,1-5H3,(H2,18,19,20). The molecule has 0 saturated heterocycles. The van der Waals surface area contributed by atoms with Gasteiger partial charge in [0.1, 0.15) is 12.1 Å². The van der Waals surface area contributed by atoms with Crippen LogP contribution in [0.15, 0.2) is 4.99 Å². The van der Waals surface area contributed by atoms with E-state index < -0.39 is 5.60 Å². The van der Waals surface area contributed by atoms with Crippen LogP contribution in [-0.4, -0.2) is 51.4 Å². The third-order valence-corrected chi connectivity index (χ3v) is 4.18. The Balaban J connectivity index is 2.42. The first-order chi connectivity index (χ1) is 10.8. The van der Waals surface area contributed by atoms with Crippen molar-refractivity contribution >= 4 is 11.9 Å². The molecule has 0 spiro atoms. The number of carbonyl (C=O) groups is 1. The summed E-state index contributed by atoms with van der Waals surface area (Å²) in [6, 6.07) is 0. The van der Waals surface area contributed by atoms with Crippen LogP contribution in [0.3, 0.4) is 0 Å². The molecule has 0 aromatic carbocycles. The van der Waals surface area contributed by atoms with Gasteiger partial charge in [-0.25, -0.2) is 0 Å². The van der Waals surface area contributed by atoms with Crippen molar-refractivity contribution < 1.29 is 14.3 Å². The van der Waals surface area contributed by atoms with E-state index in [1.54, 1.807) is 14.2 Å². The summed E-state index contributed by atoms with van der Waals surface area (Å²) >= 11 is 0. The van der Waals surface area contributed by atoms with Crippen molar-refractivity contribution in [2.45, 2.75) is 58.5 Å². The van der Waals surface area contributed by atoms with Crippen LogP contribution in [0.25, 0.3) is 0 Å². The Kier molecular flexibility index (Phi) is 7.82. The van der Waals surface area contributed by atoms with Crippen LogP contribution < -0.4 is 10.6 Å². The summed E-state index contributed by atoms with van der Waals surface area (Å²) in [6.07, 6.45) is 6.03. The summed E-state index contributed by atoms with van der Waals surface area (Å²) in [5, 5.41) is 6.38. The topological polar surface area (TPSA) is 72.0 Å². The zero-order valence-electron chi connectivity index (χ0n) is 15.3. The van der Waals surface area contributed by atoms with Crippen LogP contribution in [0.1, 0.15) is 52.9 Å². The smallest absolute Gasteiger partial charge is 0.325 e. The molecule has 0 atom stereocenters. The highest BCUT2D eigenvalue weighted by molar-refractivity contribution is 5.84. The van der Waals surface area contributed by atoms with Crippen LogP contribution in [0, 0.1) is 5.41 Å². The zero-order chi connectivity index (χ0) is 17.3. The number of carbonyl (C=O) groups excluding carboxylic acids is 1. The highest BCUT2D eigenvalue weighted by atomic mass is 16.6. The van der Waals surface area contributed by atoms with Gasteiger partial charge in [0.2, 0.25) is 0 Å². The van der Waals surface area contributed by atoms with Crippen molar-refractivity contribution in [3.05, 3.63) is 0 Å². The van der Waals surface area contributed by atoms with Gasteiger partial charge < -0.3 is 20.1 Å². The molecule has 0 unspecified atom stereocenters. The first-order valence-electron chi connectivity index (χ1n) is 8.45. The van der Waals surface area contributed by atoms with Crippen molar-refractivity contribution in [1.82, 2.24) is 10.6 Å². The third-order valence-electron chi connectivity index (χ3n) is 4.18. The Morgan fingerprint density at radius 2 is 1.87 bits per heavy atom. The molecule has 1 fully saturated rings. The van der Waals surface area contributed by atoms with Gasteiger partial charge in [-0.3, -0.25) is 9.79 Å². The van der Waals surface area contributed by atoms with Crippen LogP contribution in [0.5, 0.6) is 0 Å². The fraction of sp³-hybridized carbons (Fsp3) is 0.882. The minimum atomic E-state index is -0.468. The van der Waals surface area contributed by atoms with Gasteiger partial charge in [-0.05, 0) is 45.4 Å². The average molecular weight is 327 g/mol. The number of aliphatic imine (C=N–C) groups is 1. The summed E-state index contributed by atoms with van der Waals surface area (Å²) in [6.45, 7) is 7.32. The molecule has 6 heteroatoms. The van der Waals surface area contributed by atoms with Crippen molar-refractivity contribution in [3.63, 3.8) is 0 Å². The summed E-state index contributed by atoms with van der Waals surface area (Å²) in [4.78, 5) is 15.9. The highest BCUT2D eigenvalue weighted by Crippen LogP contribution is 2.40. The first-order valence-corrected chi connectivity index (χ1v) is 8.45. The van der Waals surface area contributed by atoms with E-state index in [0.29, 0.717) is 5.96 Å². The highest BCUT2D eigenvalue weighted by Gasteiger charge is 2.33. The molecule has 1 aliphatic rings. The molecule has 0 radical (unpaired) electrons. The average Bonchev–Trinajstić information content (AvgIpc) is 2.93. The maximum absolute atomic E-state index is 11.8. The lowest BCUT2D eigenvalue weighted by atomic mass is 9.83. The van der Waals surface area contributed by atoms with Crippen LogP contribution >= 0.6 is 0 Å². The van der Waals surface area contributed by atoms with Crippen molar-refractivity contribution in [2.75, 3.05) is 33.9 Å². The van der Waals surface area contributed by atoms with Crippen molar-refractivity contribution in [2.24, 2.45) is 10.4 Å². The fourth-order valence-corrected chi connectivity index (χ4v) is 2.98. The minimum absolute atomic E-state index is 0.113. The third kappa shape index (κ3) is 7.68. The van der Waals surface area contributed by atoms with E-state index in [1.165, 1.54) is 25.7 Å². The number of nitrogens with zero attached hydrogens (tertiary/aromatic N) is 1. The van der Waals surface area contributed by atoms with Gasteiger partial charge in [0.05, 0.1) is 0 Å². The van der Waals surface area contributed by atoms with Gasteiger partial charge in [0.25, 0.3) is 0 Å². The van der Waals surface area contributed by atoms with E-state index in [2.05, 4.69) is 15.6 Å². The molecule has 0 aromatic rings. The van der Waals surface area contributed by atoms with E-state index in [-0.39, 0.29) is 17.9 Å². The van der Waals surface area contributed by atoms with Crippen LogP contribution in [-0.2, 0) is 14.3 Å². The van der Waals surface area contributed by atoms with Crippen LogP contribution in [0.4, 0.5) is 0 Å². The van der Waals surface area contributed by atoms with Crippen molar-refractivity contribution in [1.29, 1.82) is 0 Å². The molecule has 0 aliphatic heterocycles. The second-order valence-electron chi connectivity index (χ2n) is 7.32. The molecule has 0 bridgehead atoms. The first kappa shape index (κ1) is 19.7.